The third kappa shape index (κ3) is 6.41. The van der Waals surface area contributed by atoms with Gasteiger partial charge < -0.3 is 4.90 Å². The standard InChI is InChI=1S/C27H37N3O/c1-23-8-5-6-12-26(23)22-29-15-7-11-25(21-29)13-14-27(31)30-18-16-28(17-19-30)20-24-9-3-2-4-10-24/h2-6,8-10,12,25H,7,11,13-22H2,1H3/t25-/m1/s1. The van der Waals surface area contributed by atoms with Crippen molar-refractivity contribution in [2.75, 3.05) is 39.3 Å². The van der Waals surface area contributed by atoms with Gasteiger partial charge in [0, 0.05) is 52.2 Å². The summed E-state index contributed by atoms with van der Waals surface area (Å²) in [4.78, 5) is 20.0. The fourth-order valence-electron chi connectivity index (χ4n) is 5.04. The van der Waals surface area contributed by atoms with Crippen LogP contribution in [0.2, 0.25) is 0 Å². The van der Waals surface area contributed by atoms with Gasteiger partial charge in [-0.1, -0.05) is 54.6 Å². The molecule has 0 bridgehead atoms. The lowest BCUT2D eigenvalue weighted by molar-refractivity contribution is -0.133. The summed E-state index contributed by atoms with van der Waals surface area (Å²) in [6, 6.07) is 19.3. The average molecular weight is 420 g/mol. The summed E-state index contributed by atoms with van der Waals surface area (Å²) in [7, 11) is 0. The summed E-state index contributed by atoms with van der Waals surface area (Å²) in [5.41, 5.74) is 4.17. The van der Waals surface area contributed by atoms with E-state index in [9.17, 15) is 4.79 Å². The SMILES string of the molecule is Cc1ccccc1CN1CCC[C@H](CCC(=O)N2CCN(Cc3ccccc3)CC2)C1. The summed E-state index contributed by atoms with van der Waals surface area (Å²) in [6.07, 6.45) is 4.26. The van der Waals surface area contributed by atoms with Crippen LogP contribution in [0.15, 0.2) is 54.6 Å². The molecule has 2 aliphatic rings. The van der Waals surface area contributed by atoms with Crippen LogP contribution in [0, 0.1) is 12.8 Å². The van der Waals surface area contributed by atoms with E-state index >= 15 is 0 Å². The van der Waals surface area contributed by atoms with E-state index in [1.807, 2.05) is 0 Å². The summed E-state index contributed by atoms with van der Waals surface area (Å²) in [6.45, 7) is 10.2. The van der Waals surface area contributed by atoms with Gasteiger partial charge in [-0.15, -0.1) is 0 Å². The molecule has 0 spiro atoms. The van der Waals surface area contributed by atoms with E-state index in [0.717, 1.165) is 52.2 Å². The first kappa shape index (κ1) is 22.0. The van der Waals surface area contributed by atoms with Crippen LogP contribution in [0.1, 0.15) is 42.4 Å². The number of carbonyl (C=O) groups excluding carboxylic acids is 1. The van der Waals surface area contributed by atoms with Gasteiger partial charge in [0.05, 0.1) is 0 Å². The molecule has 0 saturated carbocycles. The van der Waals surface area contributed by atoms with Crippen molar-refractivity contribution in [2.45, 2.75) is 45.7 Å². The van der Waals surface area contributed by atoms with Gasteiger partial charge in [-0.05, 0) is 55.3 Å². The highest BCUT2D eigenvalue weighted by Gasteiger charge is 2.24. The molecule has 1 atom stereocenters. The van der Waals surface area contributed by atoms with Crippen molar-refractivity contribution in [1.82, 2.24) is 14.7 Å². The monoisotopic (exact) mass is 419 g/mol. The third-order valence-electron chi connectivity index (χ3n) is 7.00. The lowest BCUT2D eigenvalue weighted by Gasteiger charge is -2.36. The van der Waals surface area contributed by atoms with E-state index in [2.05, 4.69) is 76.2 Å². The first-order valence-corrected chi connectivity index (χ1v) is 12.0. The molecule has 2 heterocycles. The Kier molecular flexibility index (Phi) is 7.76. The van der Waals surface area contributed by atoms with Crippen molar-refractivity contribution < 1.29 is 4.79 Å². The largest absolute Gasteiger partial charge is 0.340 e. The maximum absolute atomic E-state index is 12.8. The molecule has 2 saturated heterocycles. The molecule has 2 aliphatic heterocycles. The van der Waals surface area contributed by atoms with E-state index in [0.29, 0.717) is 18.2 Å². The number of piperazine rings is 1. The van der Waals surface area contributed by atoms with E-state index in [1.54, 1.807) is 0 Å². The van der Waals surface area contributed by atoms with Gasteiger partial charge in [-0.2, -0.15) is 0 Å². The maximum atomic E-state index is 12.8. The number of hydrogen-bond donors (Lipinski definition) is 0. The normalized spacial score (nSPS) is 20.7. The number of likely N-dealkylation sites (tertiary alicyclic amines) is 1. The number of aryl methyl sites for hydroxylation is 1. The van der Waals surface area contributed by atoms with Gasteiger partial charge in [0.2, 0.25) is 5.91 Å². The minimum atomic E-state index is 0.357. The van der Waals surface area contributed by atoms with E-state index in [-0.39, 0.29) is 0 Å². The minimum Gasteiger partial charge on any atom is -0.340 e. The Labute approximate surface area is 187 Å². The third-order valence-corrected chi connectivity index (χ3v) is 7.00. The quantitative estimate of drug-likeness (QED) is 0.668. The van der Waals surface area contributed by atoms with Crippen molar-refractivity contribution in [1.29, 1.82) is 0 Å². The molecule has 0 radical (unpaired) electrons. The predicted molar refractivity (Wildman–Crippen MR) is 127 cm³/mol. The number of benzene rings is 2. The number of carbonyl (C=O) groups is 1. The highest BCUT2D eigenvalue weighted by atomic mass is 16.2. The minimum absolute atomic E-state index is 0.357. The van der Waals surface area contributed by atoms with Crippen molar-refractivity contribution in [3.63, 3.8) is 0 Å². The van der Waals surface area contributed by atoms with Gasteiger partial charge in [0.25, 0.3) is 0 Å². The molecule has 0 unspecified atom stereocenters. The zero-order valence-electron chi connectivity index (χ0n) is 19.0. The summed E-state index contributed by atoms with van der Waals surface area (Å²) >= 11 is 0. The molecule has 0 aromatic heterocycles. The van der Waals surface area contributed by atoms with E-state index in [4.69, 9.17) is 0 Å². The Morgan fingerprint density at radius 1 is 0.871 bits per heavy atom. The fourth-order valence-corrected chi connectivity index (χ4v) is 5.04. The number of amides is 1. The van der Waals surface area contributed by atoms with E-state index in [1.165, 1.54) is 36.1 Å². The second-order valence-corrected chi connectivity index (χ2v) is 9.35. The molecule has 31 heavy (non-hydrogen) atoms. The zero-order valence-corrected chi connectivity index (χ0v) is 19.0. The molecule has 0 N–H and O–H groups in total. The van der Waals surface area contributed by atoms with Crippen LogP contribution in [0.25, 0.3) is 0 Å². The second-order valence-electron chi connectivity index (χ2n) is 9.35. The van der Waals surface area contributed by atoms with Gasteiger partial charge in [0.15, 0.2) is 0 Å². The lowest BCUT2D eigenvalue weighted by atomic mass is 9.92. The van der Waals surface area contributed by atoms with E-state index < -0.39 is 0 Å². The highest BCUT2D eigenvalue weighted by Crippen LogP contribution is 2.24. The second kappa shape index (κ2) is 10.9. The van der Waals surface area contributed by atoms with Crippen molar-refractivity contribution >= 4 is 5.91 Å². The molecule has 4 heteroatoms. The Bertz CT molecular complexity index is 829. The molecular formula is C27H37N3O. The topological polar surface area (TPSA) is 26.8 Å². The van der Waals surface area contributed by atoms with Crippen molar-refractivity contribution in [3.8, 4) is 0 Å². The van der Waals surface area contributed by atoms with Crippen molar-refractivity contribution in [3.05, 3.63) is 71.3 Å². The summed E-state index contributed by atoms with van der Waals surface area (Å²) in [5.74, 6) is 1.01. The average Bonchev–Trinajstić information content (AvgIpc) is 2.80. The first-order valence-electron chi connectivity index (χ1n) is 12.0. The molecule has 166 valence electrons. The molecule has 2 aromatic rings. The zero-order chi connectivity index (χ0) is 21.5. The molecule has 0 aliphatic carbocycles. The van der Waals surface area contributed by atoms with Crippen LogP contribution in [-0.4, -0.2) is 59.9 Å². The Hall–Kier alpha value is -2.17. The van der Waals surface area contributed by atoms with Crippen LogP contribution >= 0.6 is 0 Å². The van der Waals surface area contributed by atoms with Gasteiger partial charge in [0.1, 0.15) is 0 Å². The van der Waals surface area contributed by atoms with Crippen LogP contribution in [0.4, 0.5) is 0 Å². The van der Waals surface area contributed by atoms with Gasteiger partial charge >= 0.3 is 0 Å². The summed E-state index contributed by atoms with van der Waals surface area (Å²) in [5, 5.41) is 0. The molecular weight excluding hydrogens is 382 g/mol. The molecule has 1 amide bonds. The van der Waals surface area contributed by atoms with Crippen molar-refractivity contribution in [2.24, 2.45) is 5.92 Å². The molecule has 2 aromatic carbocycles. The smallest absolute Gasteiger partial charge is 0.222 e. The summed E-state index contributed by atoms with van der Waals surface area (Å²) < 4.78 is 0. The fraction of sp³-hybridized carbons (Fsp3) is 0.519. The van der Waals surface area contributed by atoms with Crippen LogP contribution < -0.4 is 0 Å². The van der Waals surface area contributed by atoms with Crippen LogP contribution in [0.5, 0.6) is 0 Å². The lowest BCUT2D eigenvalue weighted by Crippen LogP contribution is -2.48. The number of rotatable bonds is 7. The highest BCUT2D eigenvalue weighted by molar-refractivity contribution is 5.76. The van der Waals surface area contributed by atoms with Gasteiger partial charge in [-0.25, -0.2) is 0 Å². The molecule has 4 rings (SSSR count). The predicted octanol–water partition coefficient (Wildman–Crippen LogP) is 4.33. The first-order chi connectivity index (χ1) is 15.2. The molecule has 4 nitrogen and oxygen atoms in total. The van der Waals surface area contributed by atoms with Gasteiger partial charge in [-0.3, -0.25) is 14.6 Å². The Morgan fingerprint density at radius 3 is 2.39 bits per heavy atom. The number of piperidine rings is 1. The number of hydrogen-bond acceptors (Lipinski definition) is 3. The van der Waals surface area contributed by atoms with Crippen LogP contribution in [-0.2, 0) is 17.9 Å². The maximum Gasteiger partial charge on any atom is 0.222 e. The number of nitrogens with zero attached hydrogens (tertiary/aromatic N) is 3. The molecule has 2 fully saturated rings. The Morgan fingerprint density at radius 2 is 1.61 bits per heavy atom. The van der Waals surface area contributed by atoms with Crippen LogP contribution in [0.3, 0.4) is 0 Å². The Balaban J connectivity index is 1.18.